The van der Waals surface area contributed by atoms with E-state index >= 15 is 0 Å². The number of benzene rings is 2. The number of ether oxygens (including phenoxy) is 1. The van der Waals surface area contributed by atoms with Crippen molar-refractivity contribution in [3.63, 3.8) is 0 Å². The zero-order chi connectivity index (χ0) is 20.1. The summed E-state index contributed by atoms with van der Waals surface area (Å²) in [7, 11) is 0. The summed E-state index contributed by atoms with van der Waals surface area (Å²) in [6.07, 6.45) is 0.499. The Morgan fingerprint density at radius 2 is 1.69 bits per heavy atom. The Hall–Kier alpha value is -2.83. The quantitative estimate of drug-likeness (QED) is 0.647. The van der Waals surface area contributed by atoms with Gasteiger partial charge in [0.2, 0.25) is 0 Å². The van der Waals surface area contributed by atoms with Crippen molar-refractivity contribution in [3.05, 3.63) is 81.8 Å². The Labute approximate surface area is 170 Å². The van der Waals surface area contributed by atoms with Gasteiger partial charge in [-0.1, -0.05) is 60.2 Å². The second kappa shape index (κ2) is 9.11. The summed E-state index contributed by atoms with van der Waals surface area (Å²) >= 11 is 0. The fourth-order valence-electron chi connectivity index (χ4n) is 3.45. The summed E-state index contributed by atoms with van der Waals surface area (Å²) in [6.45, 7) is 6.64. The monoisotopic (exact) mass is 390 g/mol. The van der Waals surface area contributed by atoms with E-state index in [-0.39, 0.29) is 5.56 Å². The number of nitrogens with zero attached hydrogens (tertiary/aromatic N) is 4. The summed E-state index contributed by atoms with van der Waals surface area (Å²) in [5.41, 5.74) is 3.59. The Balaban J connectivity index is 1.66. The van der Waals surface area contributed by atoms with Gasteiger partial charge < -0.3 is 4.74 Å². The van der Waals surface area contributed by atoms with E-state index in [1.165, 1.54) is 5.56 Å². The lowest BCUT2D eigenvalue weighted by atomic mass is 10.1. The first-order valence-electron chi connectivity index (χ1n) is 10.1. The van der Waals surface area contributed by atoms with Crippen LogP contribution in [0, 0.1) is 6.92 Å². The minimum Gasteiger partial charge on any atom is -0.379 e. The molecule has 1 aromatic heterocycles. The Morgan fingerprint density at radius 1 is 0.966 bits per heavy atom. The highest BCUT2D eigenvalue weighted by Crippen LogP contribution is 2.15. The molecule has 0 amide bonds. The summed E-state index contributed by atoms with van der Waals surface area (Å²) in [4.78, 5) is 20.0. The first-order chi connectivity index (χ1) is 14.2. The van der Waals surface area contributed by atoms with Gasteiger partial charge in [-0.2, -0.15) is 0 Å². The standard InChI is InChI=1S/C23H26N4O2/c1-18-7-9-20(10-8-18)22-24-21(17-19-5-3-2-4-6-19)23(28)27(25-22)12-11-26-13-15-29-16-14-26/h2-10H,11-17H2,1H3. The predicted molar refractivity (Wildman–Crippen MR) is 113 cm³/mol. The maximum Gasteiger partial charge on any atom is 0.288 e. The molecule has 2 heterocycles. The minimum atomic E-state index is -0.113. The van der Waals surface area contributed by atoms with Crippen molar-refractivity contribution in [3.8, 4) is 11.4 Å². The van der Waals surface area contributed by atoms with Crippen LogP contribution < -0.4 is 5.56 Å². The molecule has 29 heavy (non-hydrogen) atoms. The van der Waals surface area contributed by atoms with Gasteiger partial charge in [-0.25, -0.2) is 9.67 Å². The topological polar surface area (TPSA) is 60.2 Å². The Kier molecular flexibility index (Phi) is 6.12. The lowest BCUT2D eigenvalue weighted by molar-refractivity contribution is 0.0357. The summed E-state index contributed by atoms with van der Waals surface area (Å²) in [5, 5.41) is 4.59. The maximum absolute atomic E-state index is 13.1. The van der Waals surface area contributed by atoms with Crippen LogP contribution in [0.25, 0.3) is 11.4 Å². The van der Waals surface area contributed by atoms with Gasteiger partial charge in [-0.3, -0.25) is 9.69 Å². The molecule has 0 spiro atoms. The predicted octanol–water partition coefficient (Wildman–Crippen LogP) is 2.54. The zero-order valence-corrected chi connectivity index (χ0v) is 16.8. The molecule has 3 aromatic rings. The van der Waals surface area contributed by atoms with Crippen molar-refractivity contribution >= 4 is 0 Å². The fraction of sp³-hybridized carbons (Fsp3) is 0.348. The number of rotatable bonds is 6. The highest BCUT2D eigenvalue weighted by molar-refractivity contribution is 5.54. The number of hydrogen-bond acceptors (Lipinski definition) is 5. The van der Waals surface area contributed by atoms with E-state index in [0.29, 0.717) is 24.5 Å². The van der Waals surface area contributed by atoms with E-state index < -0.39 is 0 Å². The van der Waals surface area contributed by atoms with E-state index in [2.05, 4.69) is 21.9 Å². The average Bonchev–Trinajstić information content (AvgIpc) is 2.76. The molecule has 0 saturated carbocycles. The van der Waals surface area contributed by atoms with Crippen molar-refractivity contribution in [2.45, 2.75) is 19.9 Å². The van der Waals surface area contributed by atoms with Crippen LogP contribution in [-0.2, 0) is 17.7 Å². The normalized spacial score (nSPS) is 14.8. The van der Waals surface area contributed by atoms with Crippen LogP contribution in [0.2, 0.25) is 0 Å². The van der Waals surface area contributed by atoms with Crippen LogP contribution in [0.15, 0.2) is 59.4 Å². The third-order valence-corrected chi connectivity index (χ3v) is 5.19. The number of morpholine rings is 1. The van der Waals surface area contributed by atoms with Gasteiger partial charge in [0.25, 0.3) is 5.56 Å². The minimum absolute atomic E-state index is 0.113. The van der Waals surface area contributed by atoms with Crippen molar-refractivity contribution in [1.82, 2.24) is 19.7 Å². The van der Waals surface area contributed by atoms with Crippen LogP contribution in [0.4, 0.5) is 0 Å². The molecule has 0 radical (unpaired) electrons. The van der Waals surface area contributed by atoms with Crippen molar-refractivity contribution < 1.29 is 4.74 Å². The second-order valence-corrected chi connectivity index (χ2v) is 7.39. The van der Waals surface area contributed by atoms with Gasteiger partial charge in [0.05, 0.1) is 19.8 Å². The molecule has 1 aliphatic rings. The largest absolute Gasteiger partial charge is 0.379 e. The molecular formula is C23H26N4O2. The van der Waals surface area contributed by atoms with Gasteiger partial charge in [0.15, 0.2) is 5.82 Å². The summed E-state index contributed by atoms with van der Waals surface area (Å²) in [5.74, 6) is 0.595. The van der Waals surface area contributed by atoms with Gasteiger partial charge in [0, 0.05) is 31.6 Å². The first-order valence-corrected chi connectivity index (χ1v) is 10.1. The average molecular weight is 390 g/mol. The van der Waals surface area contributed by atoms with Gasteiger partial charge >= 0.3 is 0 Å². The molecule has 6 nitrogen and oxygen atoms in total. The van der Waals surface area contributed by atoms with Gasteiger partial charge in [-0.05, 0) is 12.5 Å². The molecule has 1 saturated heterocycles. The highest BCUT2D eigenvalue weighted by Gasteiger charge is 2.15. The fourth-order valence-corrected chi connectivity index (χ4v) is 3.45. The second-order valence-electron chi connectivity index (χ2n) is 7.39. The molecular weight excluding hydrogens is 364 g/mol. The molecule has 0 aliphatic carbocycles. The summed E-state index contributed by atoms with van der Waals surface area (Å²) in [6, 6.07) is 18.1. The molecule has 0 N–H and O–H groups in total. The lowest BCUT2D eigenvalue weighted by Gasteiger charge is -2.26. The van der Waals surface area contributed by atoms with Crippen LogP contribution in [0.1, 0.15) is 16.8 Å². The van der Waals surface area contributed by atoms with E-state index in [1.807, 2.05) is 54.6 Å². The molecule has 2 aromatic carbocycles. The molecule has 0 unspecified atom stereocenters. The third-order valence-electron chi connectivity index (χ3n) is 5.19. The smallest absolute Gasteiger partial charge is 0.288 e. The number of aryl methyl sites for hydroxylation is 1. The lowest BCUT2D eigenvalue weighted by Crippen LogP contribution is -2.40. The van der Waals surface area contributed by atoms with E-state index in [1.54, 1.807) is 4.68 Å². The van der Waals surface area contributed by atoms with Crippen molar-refractivity contribution in [2.75, 3.05) is 32.8 Å². The Bertz CT molecular complexity index is 994. The van der Waals surface area contributed by atoms with Gasteiger partial charge in [-0.15, -0.1) is 5.10 Å². The molecule has 4 rings (SSSR count). The van der Waals surface area contributed by atoms with Crippen LogP contribution >= 0.6 is 0 Å². The molecule has 1 aliphatic heterocycles. The molecule has 0 bridgehead atoms. The molecule has 150 valence electrons. The van der Waals surface area contributed by atoms with E-state index in [9.17, 15) is 4.79 Å². The summed E-state index contributed by atoms with van der Waals surface area (Å²) < 4.78 is 6.99. The van der Waals surface area contributed by atoms with E-state index in [4.69, 9.17) is 4.74 Å². The maximum atomic E-state index is 13.1. The van der Waals surface area contributed by atoms with Gasteiger partial charge in [0.1, 0.15) is 5.69 Å². The zero-order valence-electron chi connectivity index (χ0n) is 16.8. The van der Waals surface area contributed by atoms with Crippen molar-refractivity contribution in [1.29, 1.82) is 0 Å². The highest BCUT2D eigenvalue weighted by atomic mass is 16.5. The van der Waals surface area contributed by atoms with E-state index in [0.717, 1.165) is 44.0 Å². The van der Waals surface area contributed by atoms with Crippen molar-refractivity contribution in [2.24, 2.45) is 0 Å². The number of aromatic nitrogens is 3. The Morgan fingerprint density at radius 3 is 2.41 bits per heavy atom. The third kappa shape index (κ3) is 4.96. The van der Waals surface area contributed by atoms with Crippen LogP contribution in [0.5, 0.6) is 0 Å². The molecule has 1 fully saturated rings. The first kappa shape index (κ1) is 19.5. The molecule has 6 heteroatoms. The van der Waals surface area contributed by atoms with Crippen LogP contribution in [-0.4, -0.2) is 52.5 Å². The number of hydrogen-bond donors (Lipinski definition) is 0. The molecule has 0 atom stereocenters. The SMILES string of the molecule is Cc1ccc(-c2nc(Cc3ccccc3)c(=O)n(CCN3CCOCC3)n2)cc1. The van der Waals surface area contributed by atoms with Crippen LogP contribution in [0.3, 0.4) is 0 Å².